The van der Waals surface area contributed by atoms with Gasteiger partial charge in [0.25, 0.3) is 0 Å². The molecule has 0 saturated heterocycles. The Morgan fingerprint density at radius 2 is 1.84 bits per heavy atom. The molecular formula is C16H15BrF2. The Hall–Kier alpha value is -1.22. The average molecular weight is 325 g/mol. The van der Waals surface area contributed by atoms with Gasteiger partial charge in [0.15, 0.2) is 0 Å². The number of rotatable bonds is 3. The van der Waals surface area contributed by atoms with E-state index in [1.54, 1.807) is 6.92 Å². The van der Waals surface area contributed by atoms with Gasteiger partial charge in [0.1, 0.15) is 11.6 Å². The highest BCUT2D eigenvalue weighted by Crippen LogP contribution is 2.32. The maximum atomic E-state index is 14.0. The van der Waals surface area contributed by atoms with Gasteiger partial charge in [-0.1, -0.05) is 51.8 Å². The number of benzene rings is 2. The molecule has 2 rings (SSSR count). The van der Waals surface area contributed by atoms with E-state index in [9.17, 15) is 8.78 Å². The first-order valence-electron chi connectivity index (χ1n) is 6.13. The number of hydrogen-bond acceptors (Lipinski definition) is 0. The molecule has 0 spiro atoms. The Kier molecular flexibility index (Phi) is 4.35. The van der Waals surface area contributed by atoms with Crippen LogP contribution in [0.4, 0.5) is 8.78 Å². The zero-order valence-corrected chi connectivity index (χ0v) is 12.5. The van der Waals surface area contributed by atoms with Gasteiger partial charge in [-0.25, -0.2) is 8.78 Å². The topological polar surface area (TPSA) is 0 Å². The Labute approximate surface area is 120 Å². The highest BCUT2D eigenvalue weighted by molar-refractivity contribution is 9.09. The molecule has 0 heterocycles. The number of aryl methyl sites for hydroxylation is 2. The van der Waals surface area contributed by atoms with Gasteiger partial charge >= 0.3 is 0 Å². The van der Waals surface area contributed by atoms with Gasteiger partial charge < -0.3 is 0 Å². The quantitative estimate of drug-likeness (QED) is 0.675. The third-order valence-electron chi connectivity index (χ3n) is 3.13. The van der Waals surface area contributed by atoms with E-state index < -0.39 is 11.6 Å². The van der Waals surface area contributed by atoms with Crippen LogP contribution in [-0.4, -0.2) is 0 Å². The highest BCUT2D eigenvalue weighted by atomic mass is 79.9. The van der Waals surface area contributed by atoms with Gasteiger partial charge in [0.05, 0.1) is 0 Å². The molecule has 0 radical (unpaired) electrons. The lowest BCUT2D eigenvalue weighted by Crippen LogP contribution is -2.04. The lowest BCUT2D eigenvalue weighted by Gasteiger charge is -2.14. The summed E-state index contributed by atoms with van der Waals surface area (Å²) in [6, 6.07) is 10.7. The molecule has 0 fully saturated rings. The number of halogens is 3. The maximum Gasteiger partial charge on any atom is 0.133 e. The van der Waals surface area contributed by atoms with Crippen molar-refractivity contribution in [1.82, 2.24) is 0 Å². The van der Waals surface area contributed by atoms with Crippen molar-refractivity contribution in [2.75, 3.05) is 0 Å². The zero-order valence-electron chi connectivity index (χ0n) is 10.9. The number of alkyl halides is 1. The van der Waals surface area contributed by atoms with E-state index in [-0.39, 0.29) is 10.4 Å². The fourth-order valence-electron chi connectivity index (χ4n) is 2.11. The van der Waals surface area contributed by atoms with Crippen LogP contribution in [0.5, 0.6) is 0 Å². The third kappa shape index (κ3) is 3.21. The van der Waals surface area contributed by atoms with Crippen LogP contribution in [0.3, 0.4) is 0 Å². The molecule has 1 unspecified atom stereocenters. The minimum absolute atomic E-state index is 0.113. The second kappa shape index (κ2) is 5.83. The van der Waals surface area contributed by atoms with Gasteiger partial charge in [0, 0.05) is 10.4 Å². The van der Waals surface area contributed by atoms with Gasteiger partial charge in [0.2, 0.25) is 0 Å². The summed E-state index contributed by atoms with van der Waals surface area (Å²) in [7, 11) is 0. The molecule has 0 aliphatic rings. The van der Waals surface area contributed by atoms with Crippen LogP contribution in [0.15, 0.2) is 36.4 Å². The van der Waals surface area contributed by atoms with Gasteiger partial charge in [-0.15, -0.1) is 0 Å². The SMILES string of the molecule is Cc1cccc(CC(Br)c2c(F)ccc(C)c2F)c1. The Morgan fingerprint density at radius 3 is 2.53 bits per heavy atom. The van der Waals surface area contributed by atoms with Crippen LogP contribution in [0, 0.1) is 25.5 Å². The molecule has 0 N–H and O–H groups in total. The molecule has 0 aromatic heterocycles. The lowest BCUT2D eigenvalue weighted by atomic mass is 10.0. The smallest absolute Gasteiger partial charge is 0.133 e. The molecule has 3 heteroatoms. The van der Waals surface area contributed by atoms with Crippen molar-refractivity contribution < 1.29 is 8.78 Å². The summed E-state index contributed by atoms with van der Waals surface area (Å²) in [6.07, 6.45) is 0.555. The lowest BCUT2D eigenvalue weighted by molar-refractivity contribution is 0.548. The van der Waals surface area contributed by atoms with E-state index in [1.807, 2.05) is 31.2 Å². The largest absolute Gasteiger partial charge is 0.207 e. The fourth-order valence-corrected chi connectivity index (χ4v) is 2.91. The second-order valence-electron chi connectivity index (χ2n) is 4.75. The molecule has 0 aliphatic heterocycles. The summed E-state index contributed by atoms with van der Waals surface area (Å²) in [4.78, 5) is -0.366. The van der Waals surface area contributed by atoms with Crippen molar-refractivity contribution >= 4 is 15.9 Å². The molecule has 2 aromatic carbocycles. The first-order chi connectivity index (χ1) is 8.99. The molecule has 0 bridgehead atoms. The first kappa shape index (κ1) is 14.2. The standard InChI is InChI=1S/C16H15BrF2/c1-10-4-3-5-12(8-10)9-13(17)15-14(18)7-6-11(2)16(15)19/h3-8,13H,9H2,1-2H3. The van der Waals surface area contributed by atoms with Gasteiger partial charge in [-0.3, -0.25) is 0 Å². The average Bonchev–Trinajstić information content (AvgIpc) is 2.34. The van der Waals surface area contributed by atoms with E-state index in [4.69, 9.17) is 0 Å². The molecule has 100 valence electrons. The fraction of sp³-hybridized carbons (Fsp3) is 0.250. The van der Waals surface area contributed by atoms with E-state index >= 15 is 0 Å². The van der Waals surface area contributed by atoms with Crippen molar-refractivity contribution in [3.8, 4) is 0 Å². The van der Waals surface area contributed by atoms with Crippen molar-refractivity contribution in [2.45, 2.75) is 25.1 Å². The minimum atomic E-state index is -0.502. The van der Waals surface area contributed by atoms with Gasteiger partial charge in [-0.2, -0.15) is 0 Å². The summed E-state index contributed by atoms with van der Waals surface area (Å²) in [6.45, 7) is 3.64. The molecule has 1 atom stereocenters. The second-order valence-corrected chi connectivity index (χ2v) is 5.86. The zero-order chi connectivity index (χ0) is 14.0. The third-order valence-corrected chi connectivity index (χ3v) is 3.91. The summed E-state index contributed by atoms with van der Waals surface area (Å²) in [5.74, 6) is -0.966. The summed E-state index contributed by atoms with van der Waals surface area (Å²) >= 11 is 3.40. The Balaban J connectivity index is 2.30. The predicted molar refractivity (Wildman–Crippen MR) is 77.6 cm³/mol. The normalized spacial score (nSPS) is 12.5. The van der Waals surface area contributed by atoms with Crippen LogP contribution in [0.1, 0.15) is 27.1 Å². The first-order valence-corrected chi connectivity index (χ1v) is 7.04. The molecule has 2 aromatic rings. The van der Waals surface area contributed by atoms with E-state index in [0.29, 0.717) is 12.0 Å². The minimum Gasteiger partial charge on any atom is -0.207 e. The molecule has 0 aliphatic carbocycles. The molecule has 0 amide bonds. The van der Waals surface area contributed by atoms with E-state index in [1.165, 1.54) is 12.1 Å². The van der Waals surface area contributed by atoms with Crippen LogP contribution in [0.2, 0.25) is 0 Å². The highest BCUT2D eigenvalue weighted by Gasteiger charge is 2.19. The van der Waals surface area contributed by atoms with Gasteiger partial charge in [-0.05, 0) is 37.5 Å². The monoisotopic (exact) mass is 324 g/mol. The van der Waals surface area contributed by atoms with Crippen LogP contribution in [-0.2, 0) is 6.42 Å². The van der Waals surface area contributed by atoms with E-state index in [2.05, 4.69) is 15.9 Å². The van der Waals surface area contributed by atoms with Crippen LogP contribution in [0.25, 0.3) is 0 Å². The Morgan fingerprint density at radius 1 is 1.11 bits per heavy atom. The van der Waals surface area contributed by atoms with E-state index in [0.717, 1.165) is 11.1 Å². The van der Waals surface area contributed by atoms with Crippen LogP contribution < -0.4 is 0 Å². The van der Waals surface area contributed by atoms with Crippen LogP contribution >= 0.6 is 15.9 Å². The Bertz CT molecular complexity index is 593. The molecular weight excluding hydrogens is 310 g/mol. The van der Waals surface area contributed by atoms with Crippen molar-refractivity contribution in [2.24, 2.45) is 0 Å². The molecule has 19 heavy (non-hydrogen) atoms. The van der Waals surface area contributed by atoms with Crippen molar-refractivity contribution in [3.63, 3.8) is 0 Å². The number of hydrogen-bond donors (Lipinski definition) is 0. The summed E-state index contributed by atoms with van der Waals surface area (Å²) in [5, 5.41) is 0. The summed E-state index contributed by atoms with van der Waals surface area (Å²) in [5.41, 5.74) is 2.77. The van der Waals surface area contributed by atoms with Crippen molar-refractivity contribution in [1.29, 1.82) is 0 Å². The predicted octanol–water partition coefficient (Wildman–Crippen LogP) is 5.26. The molecule has 0 saturated carbocycles. The molecule has 0 nitrogen and oxygen atoms in total. The maximum absolute atomic E-state index is 14.0. The summed E-state index contributed by atoms with van der Waals surface area (Å²) < 4.78 is 27.8. The van der Waals surface area contributed by atoms with Crippen molar-refractivity contribution in [3.05, 3.63) is 70.3 Å².